The normalized spacial score (nSPS) is 10.2. The molecule has 0 fully saturated rings. The highest BCUT2D eigenvalue weighted by Crippen LogP contribution is 2.08. The van der Waals surface area contributed by atoms with Crippen LogP contribution >= 0.6 is 0 Å². The lowest BCUT2D eigenvalue weighted by atomic mass is 10.3. The SMILES string of the molecule is O=C(CCn1ccnc1)Nc1ccc(F)cc1. The van der Waals surface area contributed by atoms with Crippen molar-refractivity contribution >= 4 is 11.6 Å². The van der Waals surface area contributed by atoms with Crippen LogP contribution in [0.25, 0.3) is 0 Å². The maximum atomic E-state index is 12.6. The average molecular weight is 233 g/mol. The van der Waals surface area contributed by atoms with Crippen LogP contribution in [-0.4, -0.2) is 15.5 Å². The lowest BCUT2D eigenvalue weighted by Gasteiger charge is -2.05. The maximum Gasteiger partial charge on any atom is 0.226 e. The molecule has 0 aliphatic carbocycles. The van der Waals surface area contributed by atoms with Gasteiger partial charge in [0.1, 0.15) is 5.82 Å². The molecular formula is C12H12FN3O. The third-order valence-electron chi connectivity index (χ3n) is 2.28. The smallest absolute Gasteiger partial charge is 0.226 e. The van der Waals surface area contributed by atoms with E-state index in [1.165, 1.54) is 24.3 Å². The van der Waals surface area contributed by atoms with Crippen molar-refractivity contribution in [3.63, 3.8) is 0 Å². The van der Waals surface area contributed by atoms with Crippen LogP contribution in [0.1, 0.15) is 6.42 Å². The van der Waals surface area contributed by atoms with E-state index >= 15 is 0 Å². The second kappa shape index (κ2) is 5.25. The van der Waals surface area contributed by atoms with Crippen molar-refractivity contribution in [3.8, 4) is 0 Å². The number of carbonyl (C=O) groups excluding carboxylic acids is 1. The van der Waals surface area contributed by atoms with Crippen LogP contribution in [0.5, 0.6) is 0 Å². The standard InChI is InChI=1S/C12H12FN3O/c13-10-1-3-11(4-2-10)15-12(17)5-7-16-8-6-14-9-16/h1-4,6,8-9H,5,7H2,(H,15,17). The van der Waals surface area contributed by atoms with E-state index in [1.54, 1.807) is 18.7 Å². The van der Waals surface area contributed by atoms with Crippen LogP contribution in [0.3, 0.4) is 0 Å². The molecule has 2 aromatic rings. The number of benzene rings is 1. The van der Waals surface area contributed by atoms with Crippen LogP contribution in [0.4, 0.5) is 10.1 Å². The predicted octanol–water partition coefficient (Wildman–Crippen LogP) is 2.05. The van der Waals surface area contributed by atoms with E-state index in [4.69, 9.17) is 0 Å². The first-order chi connectivity index (χ1) is 8.24. The molecular weight excluding hydrogens is 221 g/mol. The van der Waals surface area contributed by atoms with Gasteiger partial charge in [0.15, 0.2) is 0 Å². The molecule has 1 aromatic carbocycles. The quantitative estimate of drug-likeness (QED) is 0.878. The summed E-state index contributed by atoms with van der Waals surface area (Å²) < 4.78 is 14.5. The predicted molar refractivity (Wildman–Crippen MR) is 61.9 cm³/mol. The number of aromatic nitrogens is 2. The zero-order valence-electron chi connectivity index (χ0n) is 9.14. The number of hydrogen-bond acceptors (Lipinski definition) is 2. The Labute approximate surface area is 98.1 Å². The van der Waals surface area contributed by atoms with E-state index < -0.39 is 0 Å². The molecule has 17 heavy (non-hydrogen) atoms. The van der Waals surface area contributed by atoms with Gasteiger partial charge in [-0.15, -0.1) is 0 Å². The van der Waals surface area contributed by atoms with E-state index in [9.17, 15) is 9.18 Å². The highest BCUT2D eigenvalue weighted by atomic mass is 19.1. The van der Waals surface area contributed by atoms with Crippen molar-refractivity contribution < 1.29 is 9.18 Å². The van der Waals surface area contributed by atoms with Gasteiger partial charge in [0.2, 0.25) is 5.91 Å². The minimum absolute atomic E-state index is 0.106. The van der Waals surface area contributed by atoms with Crippen molar-refractivity contribution in [2.45, 2.75) is 13.0 Å². The second-order valence-electron chi connectivity index (χ2n) is 3.61. The Morgan fingerprint density at radius 2 is 2.12 bits per heavy atom. The molecule has 88 valence electrons. The number of rotatable bonds is 4. The molecule has 4 nitrogen and oxygen atoms in total. The Morgan fingerprint density at radius 3 is 2.76 bits per heavy atom. The fraction of sp³-hybridized carbons (Fsp3) is 0.167. The zero-order chi connectivity index (χ0) is 12.1. The van der Waals surface area contributed by atoms with Crippen LogP contribution in [-0.2, 0) is 11.3 Å². The number of nitrogens with one attached hydrogen (secondary N) is 1. The van der Waals surface area contributed by atoms with E-state index in [-0.39, 0.29) is 11.7 Å². The molecule has 5 heteroatoms. The molecule has 2 rings (SSSR count). The molecule has 1 heterocycles. The number of nitrogens with zero attached hydrogens (tertiary/aromatic N) is 2. The first-order valence-electron chi connectivity index (χ1n) is 5.25. The van der Waals surface area contributed by atoms with Gasteiger partial charge in [-0.3, -0.25) is 4.79 Å². The lowest BCUT2D eigenvalue weighted by Crippen LogP contribution is -2.13. The molecule has 1 N–H and O–H groups in total. The highest BCUT2D eigenvalue weighted by molar-refractivity contribution is 5.90. The van der Waals surface area contributed by atoms with Crippen LogP contribution in [0, 0.1) is 5.82 Å². The van der Waals surface area contributed by atoms with Crippen LogP contribution in [0.15, 0.2) is 43.0 Å². The van der Waals surface area contributed by atoms with Crippen molar-refractivity contribution in [2.75, 3.05) is 5.32 Å². The molecule has 0 saturated heterocycles. The Morgan fingerprint density at radius 1 is 1.35 bits per heavy atom. The van der Waals surface area contributed by atoms with Gasteiger partial charge < -0.3 is 9.88 Å². The molecule has 0 unspecified atom stereocenters. The van der Waals surface area contributed by atoms with E-state index in [0.717, 1.165) is 0 Å². The fourth-order valence-electron chi connectivity index (χ4n) is 1.41. The minimum atomic E-state index is -0.318. The summed E-state index contributed by atoms with van der Waals surface area (Å²) in [5.74, 6) is -0.424. The molecule has 0 spiro atoms. The molecule has 0 bridgehead atoms. The Kier molecular flexibility index (Phi) is 3.49. The topological polar surface area (TPSA) is 46.9 Å². The summed E-state index contributed by atoms with van der Waals surface area (Å²) in [6.07, 6.45) is 5.47. The number of anilines is 1. The average Bonchev–Trinajstić information content (AvgIpc) is 2.83. The van der Waals surface area contributed by atoms with Crippen molar-refractivity contribution in [2.24, 2.45) is 0 Å². The van der Waals surface area contributed by atoms with Crippen molar-refractivity contribution in [1.82, 2.24) is 9.55 Å². The van der Waals surface area contributed by atoms with Gasteiger partial charge in [-0.05, 0) is 24.3 Å². The second-order valence-corrected chi connectivity index (χ2v) is 3.61. The molecule has 0 radical (unpaired) electrons. The fourth-order valence-corrected chi connectivity index (χ4v) is 1.41. The van der Waals surface area contributed by atoms with E-state index in [2.05, 4.69) is 10.3 Å². The van der Waals surface area contributed by atoms with E-state index in [0.29, 0.717) is 18.7 Å². The summed E-state index contributed by atoms with van der Waals surface area (Å²) in [7, 11) is 0. The first kappa shape index (κ1) is 11.3. The van der Waals surface area contributed by atoms with Crippen LogP contribution < -0.4 is 5.32 Å². The Balaban J connectivity index is 1.83. The number of imidazole rings is 1. The Hall–Kier alpha value is -2.17. The summed E-state index contributed by atoms with van der Waals surface area (Å²) >= 11 is 0. The van der Waals surface area contributed by atoms with Gasteiger partial charge in [0.05, 0.1) is 6.33 Å². The Bertz CT molecular complexity index is 479. The van der Waals surface area contributed by atoms with Gasteiger partial charge in [0.25, 0.3) is 0 Å². The monoisotopic (exact) mass is 233 g/mol. The van der Waals surface area contributed by atoms with Gasteiger partial charge in [-0.2, -0.15) is 0 Å². The number of amides is 1. The number of halogens is 1. The van der Waals surface area contributed by atoms with E-state index in [1.807, 2.05) is 4.57 Å². The third kappa shape index (κ3) is 3.41. The lowest BCUT2D eigenvalue weighted by molar-refractivity contribution is -0.116. The minimum Gasteiger partial charge on any atom is -0.337 e. The zero-order valence-corrected chi connectivity index (χ0v) is 9.14. The van der Waals surface area contributed by atoms with Crippen molar-refractivity contribution in [3.05, 3.63) is 48.8 Å². The van der Waals surface area contributed by atoms with Gasteiger partial charge >= 0.3 is 0 Å². The molecule has 0 atom stereocenters. The molecule has 1 amide bonds. The third-order valence-corrected chi connectivity index (χ3v) is 2.28. The summed E-state index contributed by atoms with van der Waals surface area (Å²) in [5, 5.41) is 2.69. The summed E-state index contributed by atoms with van der Waals surface area (Å²) in [4.78, 5) is 15.4. The van der Waals surface area contributed by atoms with Gasteiger partial charge in [0, 0.05) is 31.0 Å². The number of aryl methyl sites for hydroxylation is 1. The van der Waals surface area contributed by atoms with Gasteiger partial charge in [-0.1, -0.05) is 0 Å². The summed E-state index contributed by atoms with van der Waals surface area (Å²) in [6.45, 7) is 0.576. The largest absolute Gasteiger partial charge is 0.337 e. The number of carbonyl (C=O) groups is 1. The van der Waals surface area contributed by atoms with Gasteiger partial charge in [-0.25, -0.2) is 9.37 Å². The van der Waals surface area contributed by atoms with Crippen molar-refractivity contribution in [1.29, 1.82) is 0 Å². The molecule has 0 aliphatic heterocycles. The maximum absolute atomic E-state index is 12.6. The summed E-state index contributed by atoms with van der Waals surface area (Å²) in [6, 6.07) is 5.69. The molecule has 1 aromatic heterocycles. The van der Waals surface area contributed by atoms with Crippen LogP contribution in [0.2, 0.25) is 0 Å². The first-order valence-corrected chi connectivity index (χ1v) is 5.25. The molecule has 0 aliphatic rings. The molecule has 0 saturated carbocycles. The number of hydrogen-bond donors (Lipinski definition) is 1. The highest BCUT2D eigenvalue weighted by Gasteiger charge is 2.02. The summed E-state index contributed by atoms with van der Waals surface area (Å²) in [5.41, 5.74) is 0.599.